The Bertz CT molecular complexity index is 799. The van der Waals surface area contributed by atoms with Gasteiger partial charge in [0.25, 0.3) is 11.8 Å². The summed E-state index contributed by atoms with van der Waals surface area (Å²) in [6.45, 7) is 3.37. The molecular formula is C19H22FN3O3. The van der Waals surface area contributed by atoms with Crippen LogP contribution in [0.5, 0.6) is 0 Å². The molecule has 1 saturated heterocycles. The first-order valence-electron chi connectivity index (χ1n) is 9.02. The zero-order chi connectivity index (χ0) is 18.1. The maximum Gasteiger partial charge on any atom is 0.256 e. The summed E-state index contributed by atoms with van der Waals surface area (Å²) in [7, 11) is 0. The Labute approximate surface area is 151 Å². The maximum atomic E-state index is 13.9. The molecule has 1 aromatic carbocycles. The number of amides is 1. The SMILES string of the molecule is Cc1noc(CO[C@H]2CCC23CCN(C(=O)c2ccccc2F)CC3)n1. The summed E-state index contributed by atoms with van der Waals surface area (Å²) in [5.41, 5.74) is 0.262. The van der Waals surface area contributed by atoms with Crippen LogP contribution in [0.25, 0.3) is 0 Å². The lowest BCUT2D eigenvalue weighted by Gasteiger charge is -2.53. The van der Waals surface area contributed by atoms with Crippen molar-refractivity contribution in [1.82, 2.24) is 15.0 Å². The molecule has 138 valence electrons. The number of hydrogen-bond donors (Lipinski definition) is 0. The number of carbonyl (C=O) groups excluding carboxylic acids is 1. The van der Waals surface area contributed by atoms with E-state index < -0.39 is 5.82 Å². The second kappa shape index (κ2) is 6.79. The monoisotopic (exact) mass is 359 g/mol. The Morgan fingerprint density at radius 3 is 2.73 bits per heavy atom. The second-order valence-electron chi connectivity index (χ2n) is 7.21. The first-order chi connectivity index (χ1) is 12.6. The van der Waals surface area contributed by atoms with Crippen LogP contribution in [0.3, 0.4) is 0 Å². The van der Waals surface area contributed by atoms with Crippen LogP contribution >= 0.6 is 0 Å². The van der Waals surface area contributed by atoms with Crippen molar-refractivity contribution in [3.05, 3.63) is 47.4 Å². The molecule has 2 fully saturated rings. The van der Waals surface area contributed by atoms with Crippen LogP contribution in [0.1, 0.15) is 47.8 Å². The third kappa shape index (κ3) is 3.11. The number of aryl methyl sites for hydroxylation is 1. The number of likely N-dealkylation sites (tertiary alicyclic amines) is 1. The summed E-state index contributed by atoms with van der Waals surface area (Å²) in [5.74, 6) is 0.414. The number of benzene rings is 1. The lowest BCUT2D eigenvalue weighted by molar-refractivity contribution is -0.143. The average molecular weight is 359 g/mol. The lowest BCUT2D eigenvalue weighted by atomic mass is 9.60. The molecule has 2 aromatic rings. The molecule has 0 unspecified atom stereocenters. The zero-order valence-electron chi connectivity index (χ0n) is 14.8. The first kappa shape index (κ1) is 17.1. The highest BCUT2D eigenvalue weighted by atomic mass is 19.1. The predicted octanol–water partition coefficient (Wildman–Crippen LogP) is 3.12. The molecule has 6 nitrogen and oxygen atoms in total. The van der Waals surface area contributed by atoms with Crippen molar-refractivity contribution < 1.29 is 18.4 Å². The largest absolute Gasteiger partial charge is 0.368 e. The Morgan fingerprint density at radius 1 is 1.35 bits per heavy atom. The number of hydrogen-bond acceptors (Lipinski definition) is 5. The van der Waals surface area contributed by atoms with Gasteiger partial charge in [-0.2, -0.15) is 4.98 Å². The first-order valence-corrected chi connectivity index (χ1v) is 9.02. The summed E-state index contributed by atoms with van der Waals surface area (Å²) in [6, 6.07) is 6.16. The van der Waals surface area contributed by atoms with Crippen molar-refractivity contribution in [2.24, 2.45) is 5.41 Å². The normalized spacial score (nSPS) is 21.6. The van der Waals surface area contributed by atoms with Crippen LogP contribution < -0.4 is 0 Å². The van der Waals surface area contributed by atoms with Crippen molar-refractivity contribution in [2.75, 3.05) is 13.1 Å². The second-order valence-corrected chi connectivity index (χ2v) is 7.21. The highest BCUT2D eigenvalue weighted by Crippen LogP contribution is 2.51. The molecule has 0 N–H and O–H groups in total. The van der Waals surface area contributed by atoms with Crippen LogP contribution in [0.2, 0.25) is 0 Å². The molecule has 1 aromatic heterocycles. The van der Waals surface area contributed by atoms with E-state index in [1.54, 1.807) is 30.0 Å². The smallest absolute Gasteiger partial charge is 0.256 e. The number of rotatable bonds is 4. The van der Waals surface area contributed by atoms with Crippen molar-refractivity contribution in [3.8, 4) is 0 Å². The van der Waals surface area contributed by atoms with Crippen LogP contribution in [0.15, 0.2) is 28.8 Å². The predicted molar refractivity (Wildman–Crippen MR) is 90.8 cm³/mol. The minimum atomic E-state index is -0.461. The topological polar surface area (TPSA) is 68.5 Å². The third-order valence-corrected chi connectivity index (χ3v) is 5.72. The molecule has 26 heavy (non-hydrogen) atoms. The van der Waals surface area contributed by atoms with E-state index >= 15 is 0 Å². The number of aromatic nitrogens is 2. The van der Waals surface area contributed by atoms with Crippen molar-refractivity contribution in [1.29, 1.82) is 0 Å². The molecule has 1 spiro atoms. The molecule has 2 aliphatic rings. The van der Waals surface area contributed by atoms with Gasteiger partial charge in [-0.05, 0) is 44.7 Å². The van der Waals surface area contributed by atoms with Gasteiger partial charge in [-0.25, -0.2) is 4.39 Å². The number of halogens is 1. The van der Waals surface area contributed by atoms with Crippen LogP contribution in [-0.4, -0.2) is 40.1 Å². The van der Waals surface area contributed by atoms with Gasteiger partial charge in [-0.3, -0.25) is 4.79 Å². The van der Waals surface area contributed by atoms with E-state index in [1.165, 1.54) is 6.07 Å². The number of ether oxygens (including phenoxy) is 1. The molecule has 2 heterocycles. The minimum Gasteiger partial charge on any atom is -0.368 e. The summed E-state index contributed by atoms with van der Waals surface area (Å²) >= 11 is 0. The van der Waals surface area contributed by atoms with Gasteiger partial charge in [-0.1, -0.05) is 17.3 Å². The van der Waals surface area contributed by atoms with Gasteiger partial charge in [0.1, 0.15) is 12.4 Å². The molecular weight excluding hydrogens is 337 g/mol. The molecule has 1 aliphatic heterocycles. The molecule has 1 aliphatic carbocycles. The van der Waals surface area contributed by atoms with E-state index in [0.29, 0.717) is 31.4 Å². The van der Waals surface area contributed by atoms with Crippen LogP contribution in [-0.2, 0) is 11.3 Å². The van der Waals surface area contributed by atoms with Gasteiger partial charge < -0.3 is 14.2 Å². The minimum absolute atomic E-state index is 0.112. The molecule has 0 radical (unpaired) electrons. The highest BCUT2D eigenvalue weighted by Gasteiger charge is 2.49. The molecule has 0 bridgehead atoms. The maximum absolute atomic E-state index is 13.9. The van der Waals surface area contributed by atoms with Gasteiger partial charge in [0, 0.05) is 18.5 Å². The van der Waals surface area contributed by atoms with Gasteiger partial charge in [0.15, 0.2) is 5.82 Å². The fraction of sp³-hybridized carbons (Fsp3) is 0.526. The van der Waals surface area contributed by atoms with Gasteiger partial charge in [-0.15, -0.1) is 0 Å². The average Bonchev–Trinajstić information content (AvgIpc) is 3.06. The summed E-state index contributed by atoms with van der Waals surface area (Å²) < 4.78 is 25.0. The molecule has 1 atom stereocenters. The van der Waals surface area contributed by atoms with Crippen molar-refractivity contribution in [2.45, 2.75) is 45.3 Å². The highest BCUT2D eigenvalue weighted by molar-refractivity contribution is 5.94. The molecule has 1 saturated carbocycles. The molecule has 4 rings (SSSR count). The zero-order valence-corrected chi connectivity index (χ0v) is 14.8. The summed E-state index contributed by atoms with van der Waals surface area (Å²) in [5, 5.41) is 3.77. The quantitative estimate of drug-likeness (QED) is 0.839. The van der Waals surface area contributed by atoms with E-state index in [9.17, 15) is 9.18 Å². The summed E-state index contributed by atoms with van der Waals surface area (Å²) in [6.07, 6.45) is 4.01. The van der Waals surface area contributed by atoms with Crippen molar-refractivity contribution >= 4 is 5.91 Å². The fourth-order valence-electron chi connectivity index (χ4n) is 4.03. The fourth-order valence-corrected chi connectivity index (χ4v) is 4.03. The Morgan fingerprint density at radius 2 is 2.12 bits per heavy atom. The Balaban J connectivity index is 1.34. The van der Waals surface area contributed by atoms with E-state index in [0.717, 1.165) is 25.7 Å². The number of piperidine rings is 1. The van der Waals surface area contributed by atoms with Crippen LogP contribution in [0, 0.1) is 18.2 Å². The van der Waals surface area contributed by atoms with E-state index in [1.807, 2.05) is 0 Å². The van der Waals surface area contributed by atoms with Crippen molar-refractivity contribution in [3.63, 3.8) is 0 Å². The van der Waals surface area contributed by atoms with Gasteiger partial charge in [0.2, 0.25) is 0 Å². The Kier molecular flexibility index (Phi) is 4.48. The van der Waals surface area contributed by atoms with E-state index in [-0.39, 0.29) is 23.0 Å². The number of carbonyl (C=O) groups is 1. The van der Waals surface area contributed by atoms with Gasteiger partial charge in [0.05, 0.1) is 11.7 Å². The standard InChI is InChI=1S/C19H22FN3O3/c1-13-21-17(26-22-13)12-25-16-6-7-19(16)8-10-23(11-9-19)18(24)14-4-2-3-5-15(14)20/h2-5,16H,6-12H2,1H3/t16-/m0/s1. The lowest BCUT2D eigenvalue weighted by Crippen LogP contribution is -2.54. The van der Waals surface area contributed by atoms with Crippen LogP contribution in [0.4, 0.5) is 4.39 Å². The molecule has 1 amide bonds. The third-order valence-electron chi connectivity index (χ3n) is 5.72. The Hall–Kier alpha value is -2.28. The van der Waals surface area contributed by atoms with E-state index in [2.05, 4.69) is 10.1 Å². The molecule has 7 heteroatoms. The number of nitrogens with zero attached hydrogens (tertiary/aromatic N) is 3. The van der Waals surface area contributed by atoms with Gasteiger partial charge >= 0.3 is 0 Å². The van der Waals surface area contributed by atoms with E-state index in [4.69, 9.17) is 9.26 Å². The summed E-state index contributed by atoms with van der Waals surface area (Å²) in [4.78, 5) is 18.5.